The number of thiophene rings is 1. The smallest absolute Gasteiger partial charge is 0.322 e. The van der Waals surface area contributed by atoms with Gasteiger partial charge < -0.3 is 4.74 Å². The molecule has 0 aromatic carbocycles. The number of fused-ring (bicyclic) bond motifs is 1. The molecule has 4 heteroatoms. The Morgan fingerprint density at radius 2 is 2.50 bits per heavy atom. The van der Waals surface area contributed by atoms with Crippen molar-refractivity contribution in [3.05, 3.63) is 21.9 Å². The summed E-state index contributed by atoms with van der Waals surface area (Å²) in [4.78, 5) is 12.8. The lowest BCUT2D eigenvalue weighted by Gasteiger charge is -2.26. The van der Waals surface area contributed by atoms with Crippen LogP contribution in [0.1, 0.15) is 36.2 Å². The highest BCUT2D eigenvalue weighted by Gasteiger charge is 2.24. The average Bonchev–Trinajstić information content (AvgIpc) is 2.77. The Hall–Kier alpha value is -0.870. The molecule has 3 nitrogen and oxygen atoms in total. The topological polar surface area (TPSA) is 38.3 Å². The van der Waals surface area contributed by atoms with E-state index in [-0.39, 0.29) is 12.0 Å². The molecule has 0 fully saturated rings. The summed E-state index contributed by atoms with van der Waals surface area (Å²) in [5, 5.41) is 5.48. The maximum atomic E-state index is 11.4. The van der Waals surface area contributed by atoms with E-state index in [0.717, 1.165) is 6.42 Å². The van der Waals surface area contributed by atoms with Gasteiger partial charge in [0.05, 0.1) is 7.11 Å². The molecule has 1 heterocycles. The zero-order valence-corrected chi connectivity index (χ0v) is 10.5. The highest BCUT2D eigenvalue weighted by atomic mass is 32.1. The minimum atomic E-state index is -0.235. The zero-order chi connectivity index (χ0) is 11.5. The van der Waals surface area contributed by atoms with Gasteiger partial charge in [-0.05, 0) is 43.2 Å². The van der Waals surface area contributed by atoms with Crippen LogP contribution in [0.4, 0.5) is 0 Å². The van der Waals surface area contributed by atoms with Gasteiger partial charge in [0.2, 0.25) is 0 Å². The molecule has 0 aliphatic heterocycles. The molecule has 88 valence electrons. The standard InChI is InChI=1S/C12H17NO2S/c1-8(12(14)15-2)13-10-4-3-5-11-9(10)6-7-16-11/h6-8,10,13H,3-5H2,1-2H3. The molecule has 0 saturated carbocycles. The van der Waals surface area contributed by atoms with Crippen LogP contribution in [-0.2, 0) is 16.0 Å². The third-order valence-corrected chi connectivity index (χ3v) is 4.05. The van der Waals surface area contributed by atoms with Crippen LogP contribution < -0.4 is 5.32 Å². The van der Waals surface area contributed by atoms with E-state index in [1.54, 1.807) is 0 Å². The highest BCUT2D eigenvalue weighted by Crippen LogP contribution is 2.33. The predicted molar refractivity (Wildman–Crippen MR) is 64.6 cm³/mol. The number of rotatable bonds is 3. The quantitative estimate of drug-likeness (QED) is 0.822. The number of aryl methyl sites for hydroxylation is 1. The third kappa shape index (κ3) is 2.28. The van der Waals surface area contributed by atoms with Crippen LogP contribution in [0.15, 0.2) is 11.4 Å². The summed E-state index contributed by atoms with van der Waals surface area (Å²) < 4.78 is 4.72. The first-order valence-electron chi connectivity index (χ1n) is 5.62. The number of hydrogen-bond donors (Lipinski definition) is 1. The number of nitrogens with one attached hydrogen (secondary N) is 1. The Morgan fingerprint density at radius 1 is 1.69 bits per heavy atom. The van der Waals surface area contributed by atoms with Crippen LogP contribution in [-0.4, -0.2) is 19.1 Å². The number of esters is 1. The molecule has 2 rings (SSSR count). The van der Waals surface area contributed by atoms with Crippen LogP contribution in [0.3, 0.4) is 0 Å². The minimum absolute atomic E-state index is 0.192. The molecule has 0 amide bonds. The van der Waals surface area contributed by atoms with Crippen molar-refractivity contribution in [1.82, 2.24) is 5.32 Å². The van der Waals surface area contributed by atoms with Crippen LogP contribution in [0, 0.1) is 0 Å². The normalized spacial score (nSPS) is 21.2. The van der Waals surface area contributed by atoms with Gasteiger partial charge in [0.15, 0.2) is 0 Å². The Balaban J connectivity index is 2.05. The van der Waals surface area contributed by atoms with E-state index in [1.807, 2.05) is 18.3 Å². The van der Waals surface area contributed by atoms with Crippen molar-refractivity contribution in [2.75, 3.05) is 7.11 Å². The van der Waals surface area contributed by atoms with E-state index >= 15 is 0 Å². The third-order valence-electron chi connectivity index (χ3n) is 3.06. The lowest BCUT2D eigenvalue weighted by atomic mass is 9.93. The van der Waals surface area contributed by atoms with Gasteiger partial charge in [-0.1, -0.05) is 0 Å². The van der Waals surface area contributed by atoms with Crippen molar-refractivity contribution in [3.8, 4) is 0 Å². The molecular weight excluding hydrogens is 222 g/mol. The molecule has 1 aliphatic rings. The molecule has 1 N–H and O–H groups in total. The monoisotopic (exact) mass is 239 g/mol. The van der Waals surface area contributed by atoms with Crippen LogP contribution in [0.2, 0.25) is 0 Å². The van der Waals surface area contributed by atoms with Gasteiger partial charge in [-0.3, -0.25) is 10.1 Å². The number of carbonyl (C=O) groups excluding carboxylic acids is 1. The van der Waals surface area contributed by atoms with Gasteiger partial charge in [0.25, 0.3) is 0 Å². The Labute approximate surface area is 99.8 Å². The fourth-order valence-corrected chi connectivity index (χ4v) is 3.19. The molecule has 1 aliphatic carbocycles. The van der Waals surface area contributed by atoms with E-state index in [2.05, 4.69) is 16.8 Å². The van der Waals surface area contributed by atoms with Crippen LogP contribution >= 0.6 is 11.3 Å². The van der Waals surface area contributed by atoms with E-state index in [9.17, 15) is 4.79 Å². The summed E-state index contributed by atoms with van der Waals surface area (Å²) in [5.41, 5.74) is 1.37. The van der Waals surface area contributed by atoms with Crippen molar-refractivity contribution in [2.24, 2.45) is 0 Å². The summed E-state index contributed by atoms with van der Waals surface area (Å²) in [6.45, 7) is 1.85. The fourth-order valence-electron chi connectivity index (χ4n) is 2.21. The van der Waals surface area contributed by atoms with Crippen molar-refractivity contribution < 1.29 is 9.53 Å². The van der Waals surface area contributed by atoms with Gasteiger partial charge in [-0.2, -0.15) is 0 Å². The first-order chi connectivity index (χ1) is 7.72. The SMILES string of the molecule is COC(=O)C(C)NC1CCCc2sccc21. The summed E-state index contributed by atoms with van der Waals surface area (Å²) in [6.07, 6.45) is 3.47. The lowest BCUT2D eigenvalue weighted by Crippen LogP contribution is -2.38. The van der Waals surface area contributed by atoms with Crippen molar-refractivity contribution in [3.63, 3.8) is 0 Å². The van der Waals surface area contributed by atoms with Crippen LogP contribution in [0.25, 0.3) is 0 Å². The molecule has 0 saturated heterocycles. The maximum Gasteiger partial charge on any atom is 0.322 e. The Kier molecular flexibility index (Phi) is 3.61. The van der Waals surface area contributed by atoms with E-state index in [1.165, 1.54) is 30.4 Å². The van der Waals surface area contributed by atoms with Crippen molar-refractivity contribution in [2.45, 2.75) is 38.3 Å². The van der Waals surface area contributed by atoms with Crippen LogP contribution in [0.5, 0.6) is 0 Å². The predicted octanol–water partition coefficient (Wildman–Crippen LogP) is 2.28. The molecule has 0 bridgehead atoms. The van der Waals surface area contributed by atoms with Crippen molar-refractivity contribution >= 4 is 17.3 Å². The number of methoxy groups -OCH3 is 1. The number of ether oxygens (including phenoxy) is 1. The van der Waals surface area contributed by atoms with E-state index < -0.39 is 0 Å². The maximum absolute atomic E-state index is 11.4. The second kappa shape index (κ2) is 4.97. The average molecular weight is 239 g/mol. The summed E-state index contributed by atoms with van der Waals surface area (Å²) in [5.74, 6) is -0.192. The first kappa shape index (κ1) is 11.6. The van der Waals surface area contributed by atoms with Crippen molar-refractivity contribution in [1.29, 1.82) is 0 Å². The number of hydrogen-bond acceptors (Lipinski definition) is 4. The second-order valence-corrected chi connectivity index (χ2v) is 5.16. The molecule has 2 unspecified atom stereocenters. The van der Waals surface area contributed by atoms with Gasteiger partial charge >= 0.3 is 5.97 Å². The Bertz CT molecular complexity index is 375. The highest BCUT2D eigenvalue weighted by molar-refractivity contribution is 7.10. The second-order valence-electron chi connectivity index (χ2n) is 4.16. The van der Waals surface area contributed by atoms with Gasteiger partial charge in [0, 0.05) is 10.9 Å². The summed E-state index contributed by atoms with van der Waals surface area (Å²) in [6, 6.07) is 2.24. The van der Waals surface area contributed by atoms with Gasteiger partial charge in [0.1, 0.15) is 6.04 Å². The fraction of sp³-hybridized carbons (Fsp3) is 0.583. The van der Waals surface area contributed by atoms with Gasteiger partial charge in [-0.15, -0.1) is 11.3 Å². The molecule has 0 radical (unpaired) electrons. The van der Waals surface area contributed by atoms with Gasteiger partial charge in [-0.25, -0.2) is 0 Å². The Morgan fingerprint density at radius 3 is 3.25 bits per heavy atom. The molecule has 16 heavy (non-hydrogen) atoms. The first-order valence-corrected chi connectivity index (χ1v) is 6.50. The van der Waals surface area contributed by atoms with E-state index in [0.29, 0.717) is 6.04 Å². The lowest BCUT2D eigenvalue weighted by molar-refractivity contribution is -0.142. The number of carbonyl (C=O) groups is 1. The minimum Gasteiger partial charge on any atom is -0.468 e. The molecular formula is C12H17NO2S. The molecule has 1 aromatic rings. The van der Waals surface area contributed by atoms with E-state index in [4.69, 9.17) is 4.74 Å². The molecule has 0 spiro atoms. The molecule has 1 aromatic heterocycles. The summed E-state index contributed by atoms with van der Waals surface area (Å²) in [7, 11) is 1.43. The summed E-state index contributed by atoms with van der Waals surface area (Å²) >= 11 is 1.81. The largest absolute Gasteiger partial charge is 0.468 e. The zero-order valence-electron chi connectivity index (χ0n) is 9.66. The molecule has 2 atom stereocenters.